The van der Waals surface area contributed by atoms with E-state index in [-0.39, 0.29) is 11.7 Å². The van der Waals surface area contributed by atoms with Gasteiger partial charge >= 0.3 is 5.97 Å². The third-order valence-corrected chi connectivity index (χ3v) is 3.26. The van der Waals surface area contributed by atoms with Crippen molar-refractivity contribution in [3.05, 3.63) is 60.2 Å². The molecule has 3 aromatic rings. The highest BCUT2D eigenvalue weighted by molar-refractivity contribution is 5.89. The lowest BCUT2D eigenvalue weighted by atomic mass is 10.1. The van der Waals surface area contributed by atoms with E-state index in [1.54, 1.807) is 54.6 Å². The zero-order chi connectivity index (χ0) is 15.5. The van der Waals surface area contributed by atoms with Crippen LogP contribution in [0, 0.1) is 0 Å². The van der Waals surface area contributed by atoms with E-state index in [0.29, 0.717) is 17.0 Å². The van der Waals surface area contributed by atoms with Crippen molar-refractivity contribution >= 4 is 5.97 Å². The highest BCUT2D eigenvalue weighted by Gasteiger charge is 2.10. The fourth-order valence-electron chi connectivity index (χ4n) is 2.07. The molecule has 110 valence electrons. The SMILES string of the molecule is COC(=O)c1ccc(-c2cc(-c3ccc(O)cc3)on2)cc1. The number of esters is 1. The molecule has 0 amide bonds. The lowest BCUT2D eigenvalue weighted by Gasteiger charge is -1.99. The number of phenols is 1. The Balaban J connectivity index is 1.87. The minimum Gasteiger partial charge on any atom is -0.508 e. The van der Waals surface area contributed by atoms with E-state index >= 15 is 0 Å². The molecular weight excluding hydrogens is 282 g/mol. The Labute approximate surface area is 126 Å². The van der Waals surface area contributed by atoms with Crippen LogP contribution in [0.15, 0.2) is 59.1 Å². The highest BCUT2D eigenvalue weighted by atomic mass is 16.5. The lowest BCUT2D eigenvalue weighted by molar-refractivity contribution is 0.0601. The molecule has 0 saturated heterocycles. The molecule has 0 radical (unpaired) electrons. The zero-order valence-electron chi connectivity index (χ0n) is 11.8. The molecule has 22 heavy (non-hydrogen) atoms. The predicted octanol–water partition coefficient (Wildman–Crippen LogP) is 3.50. The van der Waals surface area contributed by atoms with Gasteiger partial charge in [0.05, 0.1) is 12.7 Å². The molecule has 0 bridgehead atoms. The molecule has 0 unspecified atom stereocenters. The molecular formula is C17H13NO4. The first-order valence-electron chi connectivity index (χ1n) is 6.62. The number of rotatable bonds is 3. The fraction of sp³-hybridized carbons (Fsp3) is 0.0588. The second-order valence-corrected chi connectivity index (χ2v) is 4.69. The molecule has 5 nitrogen and oxygen atoms in total. The van der Waals surface area contributed by atoms with Gasteiger partial charge in [0.2, 0.25) is 0 Å². The van der Waals surface area contributed by atoms with Gasteiger partial charge in [-0.15, -0.1) is 0 Å². The van der Waals surface area contributed by atoms with Crippen molar-refractivity contribution in [3.8, 4) is 28.3 Å². The molecule has 5 heteroatoms. The monoisotopic (exact) mass is 295 g/mol. The number of benzene rings is 2. The van der Waals surface area contributed by atoms with Gasteiger partial charge < -0.3 is 14.4 Å². The van der Waals surface area contributed by atoms with Crippen LogP contribution >= 0.6 is 0 Å². The first-order chi connectivity index (χ1) is 10.7. The molecule has 0 aliphatic heterocycles. The van der Waals surface area contributed by atoms with Crippen LogP contribution in [0.5, 0.6) is 5.75 Å². The number of phenolic OH excluding ortho intramolecular Hbond substituents is 1. The summed E-state index contributed by atoms with van der Waals surface area (Å²) in [5.74, 6) is 0.422. The van der Waals surface area contributed by atoms with Gasteiger partial charge in [-0.3, -0.25) is 0 Å². The van der Waals surface area contributed by atoms with Gasteiger partial charge in [-0.1, -0.05) is 17.3 Å². The van der Waals surface area contributed by atoms with E-state index in [1.807, 2.05) is 0 Å². The summed E-state index contributed by atoms with van der Waals surface area (Å²) in [5.41, 5.74) is 2.80. The van der Waals surface area contributed by atoms with E-state index in [2.05, 4.69) is 9.89 Å². The summed E-state index contributed by atoms with van der Waals surface area (Å²) in [6.07, 6.45) is 0. The number of aromatic hydroxyl groups is 1. The van der Waals surface area contributed by atoms with E-state index < -0.39 is 0 Å². The first-order valence-corrected chi connectivity index (χ1v) is 6.62. The maximum absolute atomic E-state index is 11.4. The Bertz CT molecular complexity index is 788. The van der Waals surface area contributed by atoms with E-state index in [4.69, 9.17) is 4.52 Å². The van der Waals surface area contributed by atoms with Crippen LogP contribution in [-0.2, 0) is 4.74 Å². The van der Waals surface area contributed by atoms with Crippen LogP contribution in [0.25, 0.3) is 22.6 Å². The number of ether oxygens (including phenoxy) is 1. The van der Waals surface area contributed by atoms with E-state index in [0.717, 1.165) is 11.1 Å². The van der Waals surface area contributed by atoms with Gasteiger partial charge in [0.25, 0.3) is 0 Å². The van der Waals surface area contributed by atoms with Crippen molar-refractivity contribution in [3.63, 3.8) is 0 Å². The van der Waals surface area contributed by atoms with Gasteiger partial charge in [-0.25, -0.2) is 4.79 Å². The summed E-state index contributed by atoms with van der Waals surface area (Å²) < 4.78 is 9.98. The zero-order valence-corrected chi connectivity index (χ0v) is 11.8. The average Bonchev–Trinajstić information content (AvgIpc) is 3.05. The third kappa shape index (κ3) is 2.69. The van der Waals surface area contributed by atoms with Crippen molar-refractivity contribution in [1.82, 2.24) is 5.16 Å². The fourth-order valence-corrected chi connectivity index (χ4v) is 2.07. The molecule has 0 aliphatic carbocycles. The molecule has 1 heterocycles. The van der Waals surface area contributed by atoms with Gasteiger partial charge in [0, 0.05) is 17.2 Å². The summed E-state index contributed by atoms with van der Waals surface area (Å²) in [6.45, 7) is 0. The van der Waals surface area contributed by atoms with Gasteiger partial charge in [-0.2, -0.15) is 0 Å². The summed E-state index contributed by atoms with van der Waals surface area (Å²) in [5, 5.41) is 13.3. The number of nitrogens with zero attached hydrogens (tertiary/aromatic N) is 1. The number of carbonyl (C=O) groups is 1. The smallest absolute Gasteiger partial charge is 0.337 e. The Morgan fingerprint density at radius 2 is 1.68 bits per heavy atom. The summed E-state index contributed by atoms with van der Waals surface area (Å²) in [7, 11) is 1.35. The van der Waals surface area contributed by atoms with Crippen molar-refractivity contribution in [2.24, 2.45) is 0 Å². The summed E-state index contributed by atoms with van der Waals surface area (Å²) in [4.78, 5) is 11.4. The molecule has 1 aromatic heterocycles. The molecule has 0 aliphatic rings. The third-order valence-electron chi connectivity index (χ3n) is 3.26. The second-order valence-electron chi connectivity index (χ2n) is 4.69. The molecule has 0 fully saturated rings. The molecule has 2 aromatic carbocycles. The standard InChI is InChI=1S/C17H13NO4/c1-21-17(20)13-4-2-11(3-5-13)15-10-16(22-18-15)12-6-8-14(19)9-7-12/h2-10,19H,1H3. The minimum absolute atomic E-state index is 0.196. The van der Waals surface area contributed by atoms with Crippen LogP contribution in [0.4, 0.5) is 0 Å². The number of hydrogen-bond donors (Lipinski definition) is 1. The number of carbonyl (C=O) groups excluding carboxylic acids is 1. The first kappa shape index (κ1) is 13.9. The normalized spacial score (nSPS) is 10.4. The van der Waals surface area contributed by atoms with E-state index in [9.17, 15) is 9.90 Å². The summed E-state index contributed by atoms with van der Waals surface area (Å²) >= 11 is 0. The Morgan fingerprint density at radius 1 is 1.05 bits per heavy atom. The topological polar surface area (TPSA) is 72.6 Å². The van der Waals surface area contributed by atoms with E-state index in [1.165, 1.54) is 7.11 Å². The van der Waals surface area contributed by atoms with Gasteiger partial charge in [-0.05, 0) is 36.4 Å². The van der Waals surface area contributed by atoms with Crippen LogP contribution in [0.3, 0.4) is 0 Å². The molecule has 0 atom stereocenters. The molecule has 0 saturated carbocycles. The van der Waals surface area contributed by atoms with Crippen LogP contribution < -0.4 is 0 Å². The van der Waals surface area contributed by atoms with Crippen molar-refractivity contribution < 1.29 is 19.2 Å². The number of methoxy groups -OCH3 is 1. The van der Waals surface area contributed by atoms with Crippen LogP contribution in [-0.4, -0.2) is 23.3 Å². The van der Waals surface area contributed by atoms with Crippen molar-refractivity contribution in [2.45, 2.75) is 0 Å². The lowest BCUT2D eigenvalue weighted by Crippen LogP contribution is -2.00. The Kier molecular flexibility index (Phi) is 3.62. The van der Waals surface area contributed by atoms with Crippen molar-refractivity contribution in [2.75, 3.05) is 7.11 Å². The minimum atomic E-state index is -0.378. The molecule has 3 rings (SSSR count). The van der Waals surface area contributed by atoms with Crippen LogP contribution in [0.1, 0.15) is 10.4 Å². The molecule has 0 spiro atoms. The maximum Gasteiger partial charge on any atom is 0.337 e. The second kappa shape index (κ2) is 5.73. The number of aromatic nitrogens is 1. The van der Waals surface area contributed by atoms with Crippen molar-refractivity contribution in [1.29, 1.82) is 0 Å². The number of hydrogen-bond acceptors (Lipinski definition) is 5. The summed E-state index contributed by atoms with van der Waals surface area (Å²) in [6, 6.07) is 15.4. The Hall–Kier alpha value is -3.08. The largest absolute Gasteiger partial charge is 0.508 e. The van der Waals surface area contributed by atoms with Gasteiger partial charge in [0.15, 0.2) is 5.76 Å². The average molecular weight is 295 g/mol. The molecule has 1 N–H and O–H groups in total. The predicted molar refractivity (Wildman–Crippen MR) is 80.4 cm³/mol. The van der Waals surface area contributed by atoms with Crippen LogP contribution in [0.2, 0.25) is 0 Å². The quantitative estimate of drug-likeness (QED) is 0.749. The Morgan fingerprint density at radius 3 is 2.32 bits per heavy atom. The highest BCUT2D eigenvalue weighted by Crippen LogP contribution is 2.27. The van der Waals surface area contributed by atoms with Gasteiger partial charge in [0.1, 0.15) is 11.4 Å². The maximum atomic E-state index is 11.4.